The van der Waals surface area contributed by atoms with Crippen LogP contribution in [0, 0.1) is 0 Å². The molecule has 1 amide bonds. The number of fused-ring (bicyclic) bond motifs is 9. The second-order valence-electron chi connectivity index (χ2n) is 28.3. The third-order valence-electron chi connectivity index (χ3n) is 17.4. The molecule has 94 heavy (non-hydrogen) atoms. The maximum Gasteiger partial charge on any atom is 1.00 e. The second-order valence-corrected chi connectivity index (χ2v) is 31.5. The first kappa shape index (κ1) is 78.5. The zero-order valence-corrected chi connectivity index (χ0v) is 59.2. The molecule has 4 fully saturated rings. The molecule has 7 heterocycles. The Labute approximate surface area is 594 Å². The Kier molecular flexibility index (Phi) is 30.9. The number of alkyl carbamates (subject to hydrolysis) is 1. The van der Waals surface area contributed by atoms with Crippen LogP contribution in [0.4, 0.5) is 31.8 Å². The Morgan fingerprint density at radius 3 is 1.12 bits per heavy atom. The standard InChI is InChI=1S/C21H30N4O2S.C17H24N4S.C16H22N4S.C10H18O5.C4H8O.CH4.Al.Li.4H/c1-21(2,3)27-20(26)25-14-10-8-13(9-11-14)24-18-17-15-6-4-5-7-16(15)28-19(17)23-12-22-18;1-18-11-6-8-12(9-7-11)21-16-15-13-4-2-3-5-14(13)22-17(15)20-10-19-16;17-10-5-7-11(8-6-10)20-15-14-12-3-1-2-4-13(12)21-16(14)19-9-18-15;1-9(2,3)14-7(11)13-8(12)15-10(4,5)6;1-2-4-5-3-1;;;;;;;/h12-14H,4-11H2,1-3H3,(H,25,26)(H,22,23,24);10-12,18H,2-9H2,1H3,(H,19,20,21);9-11H,1-8,17H2,(H,18,19,20);1-6H3;1-4H2;1H4;;;;;;/q;;;;;;;+1;;;;-1. The van der Waals surface area contributed by atoms with Crippen molar-refractivity contribution in [2.24, 2.45) is 5.73 Å². The molecule has 0 bridgehead atoms. The molecule has 0 unspecified atom stereocenters. The molecule has 13 rings (SSSR count). The third kappa shape index (κ3) is 23.6. The fourth-order valence-corrected chi connectivity index (χ4v) is 16.6. The number of nitrogens with one attached hydrogen (secondary N) is 5. The smallest absolute Gasteiger partial charge is 1.00 e. The zero-order chi connectivity index (χ0) is 64.7. The number of anilines is 3. The van der Waals surface area contributed by atoms with Crippen LogP contribution in [0.5, 0.6) is 0 Å². The monoisotopic (exact) mass is 1360 g/mol. The van der Waals surface area contributed by atoms with Gasteiger partial charge in [-0.3, -0.25) is 0 Å². The van der Waals surface area contributed by atoms with Gasteiger partial charge in [0, 0.05) is 64.1 Å². The summed E-state index contributed by atoms with van der Waals surface area (Å²) in [6.07, 6.45) is 33.6. The molecule has 3 saturated carbocycles. The molecular weight excluding hydrogens is 1250 g/mol. The number of hydrogen-bond donors (Lipinski definition) is 6. The number of thiophene rings is 3. The van der Waals surface area contributed by atoms with Crippen molar-refractivity contribution >= 4 is 118 Å². The van der Waals surface area contributed by atoms with Crippen LogP contribution >= 0.6 is 34.0 Å². The van der Waals surface area contributed by atoms with Gasteiger partial charge in [0.05, 0.1) is 16.2 Å². The normalized spacial score (nSPS) is 21.5. The van der Waals surface area contributed by atoms with Gasteiger partial charge in [0.2, 0.25) is 0 Å². The number of hydrogen-bond acceptors (Lipinski definition) is 22. The largest absolute Gasteiger partial charge is 1.00 e. The van der Waals surface area contributed by atoms with Gasteiger partial charge in [-0.05, 0) is 253 Å². The third-order valence-corrected chi connectivity index (χ3v) is 21.0. The van der Waals surface area contributed by atoms with Crippen LogP contribution < -0.4 is 51.2 Å². The predicted octanol–water partition coefficient (Wildman–Crippen LogP) is 11.8. The van der Waals surface area contributed by atoms with Gasteiger partial charge in [-0.2, -0.15) is 0 Å². The molecular formula is C69H110AlLiN12O8S3. The van der Waals surface area contributed by atoms with Gasteiger partial charge in [-0.15, -0.1) is 34.0 Å². The number of aromatic nitrogens is 6. The molecule has 0 radical (unpaired) electrons. The van der Waals surface area contributed by atoms with Crippen molar-refractivity contribution in [3.63, 3.8) is 0 Å². The van der Waals surface area contributed by atoms with Gasteiger partial charge in [0.15, 0.2) is 17.4 Å². The van der Waals surface area contributed by atoms with Crippen molar-refractivity contribution < 1.29 is 58.4 Å². The van der Waals surface area contributed by atoms with Gasteiger partial charge in [-0.25, -0.2) is 44.3 Å². The van der Waals surface area contributed by atoms with Crippen molar-refractivity contribution in [3.8, 4) is 0 Å². The van der Waals surface area contributed by atoms with Crippen LogP contribution in [0.25, 0.3) is 30.6 Å². The van der Waals surface area contributed by atoms with Crippen LogP contribution in [0.15, 0.2) is 19.0 Å². The Balaban J connectivity index is 0.000000224. The fourth-order valence-electron chi connectivity index (χ4n) is 12.9. The molecule has 6 aliphatic carbocycles. The maximum absolute atomic E-state index is 12.0. The molecule has 0 spiro atoms. The summed E-state index contributed by atoms with van der Waals surface area (Å²) >= 11 is 5.58. The first-order valence-electron chi connectivity index (χ1n) is 33.7. The fraction of sp³-hybridized carbons (Fsp3) is 0.696. The molecule has 1 saturated heterocycles. The van der Waals surface area contributed by atoms with Crippen molar-refractivity contribution in [3.05, 3.63) is 50.3 Å². The van der Waals surface area contributed by atoms with E-state index in [9.17, 15) is 14.4 Å². The van der Waals surface area contributed by atoms with Crippen LogP contribution in [0.2, 0.25) is 0 Å². The Bertz CT molecular complexity index is 3310. The Morgan fingerprint density at radius 2 is 0.798 bits per heavy atom. The van der Waals surface area contributed by atoms with E-state index in [1.807, 2.05) is 54.8 Å². The van der Waals surface area contributed by atoms with Crippen molar-refractivity contribution in [1.29, 1.82) is 0 Å². The minimum absolute atomic E-state index is 0. The zero-order valence-electron chi connectivity index (χ0n) is 57.7. The van der Waals surface area contributed by atoms with Gasteiger partial charge in [-0.1, -0.05) is 7.43 Å². The molecule has 20 nitrogen and oxygen atoms in total. The molecule has 0 atom stereocenters. The summed E-state index contributed by atoms with van der Waals surface area (Å²) in [7, 11) is 2.07. The molecule has 6 aromatic heterocycles. The average Bonchev–Trinajstić information content (AvgIpc) is 1.66. The minimum Gasteiger partial charge on any atom is -1.00 e. The van der Waals surface area contributed by atoms with E-state index in [4.69, 9.17) is 24.7 Å². The van der Waals surface area contributed by atoms with E-state index in [-0.39, 0.29) is 57.2 Å². The van der Waals surface area contributed by atoms with Gasteiger partial charge < -0.3 is 57.4 Å². The molecule has 7 aliphatic rings. The molecule has 6 aromatic rings. The van der Waals surface area contributed by atoms with E-state index < -0.39 is 29.1 Å². The maximum atomic E-state index is 12.0. The molecule has 1 aliphatic heterocycles. The Morgan fingerprint density at radius 1 is 0.479 bits per heavy atom. The number of aryl methyl sites for hydroxylation is 6. The van der Waals surface area contributed by atoms with Crippen LogP contribution in [0.1, 0.15) is 231 Å². The minimum atomic E-state index is -1.06. The molecule has 25 heteroatoms. The molecule has 516 valence electrons. The number of amides is 1. The second kappa shape index (κ2) is 36.9. The van der Waals surface area contributed by atoms with Crippen LogP contribution in [0.3, 0.4) is 0 Å². The summed E-state index contributed by atoms with van der Waals surface area (Å²) in [4.78, 5) is 69.3. The van der Waals surface area contributed by atoms with Crippen molar-refractivity contribution in [2.45, 2.75) is 290 Å². The van der Waals surface area contributed by atoms with E-state index in [0.717, 1.165) is 98.1 Å². The number of nitrogens with two attached hydrogens (primary N) is 1. The summed E-state index contributed by atoms with van der Waals surface area (Å²) in [6, 6.07) is 2.73. The summed E-state index contributed by atoms with van der Waals surface area (Å²) in [5.74, 6) is 3.13. The van der Waals surface area contributed by atoms with E-state index in [0.29, 0.717) is 30.2 Å². The molecule has 7 N–H and O–H groups in total. The van der Waals surface area contributed by atoms with E-state index in [1.165, 1.54) is 157 Å². The van der Waals surface area contributed by atoms with Gasteiger partial charge in [0.1, 0.15) is 67.7 Å². The van der Waals surface area contributed by atoms with E-state index >= 15 is 0 Å². The average molecular weight is 1370 g/mol. The van der Waals surface area contributed by atoms with Gasteiger partial charge in [0.25, 0.3) is 0 Å². The first-order valence-corrected chi connectivity index (χ1v) is 36.2. The quantitative estimate of drug-likeness (QED) is 0.0358. The number of ether oxygens (including phenoxy) is 5. The van der Waals surface area contributed by atoms with E-state index in [1.54, 1.807) is 65.4 Å². The van der Waals surface area contributed by atoms with Crippen molar-refractivity contribution in [2.75, 3.05) is 36.2 Å². The summed E-state index contributed by atoms with van der Waals surface area (Å²) in [6.45, 7) is 17.7. The first-order chi connectivity index (χ1) is 43.5. The molecule has 0 aromatic carbocycles. The Hall–Kier alpha value is -4.46. The summed E-state index contributed by atoms with van der Waals surface area (Å²) < 4.78 is 24.1. The topological polar surface area (TPSA) is 261 Å². The number of carbonyl (C=O) groups is 3. The summed E-state index contributed by atoms with van der Waals surface area (Å²) in [5, 5.41) is 21.4. The van der Waals surface area contributed by atoms with Crippen LogP contribution in [-0.2, 0) is 62.2 Å². The predicted molar refractivity (Wildman–Crippen MR) is 385 cm³/mol. The number of carbonyl (C=O) groups excluding carboxylic acids is 3. The van der Waals surface area contributed by atoms with Crippen molar-refractivity contribution in [1.82, 2.24) is 40.5 Å². The summed E-state index contributed by atoms with van der Waals surface area (Å²) in [5.41, 5.74) is 8.66. The number of nitrogens with zero attached hydrogens (tertiary/aromatic N) is 6. The SMILES string of the molecule is C.C1CCOC1.CC(C)(C)OC(=O)NC1CCC(Nc2ncnc3sc4c(c23)CCCC4)CC1.CC(C)(C)OC(=O)OC(=O)OC(C)(C)C.CNC1CCC(Nc2ncnc3sc4c(c23)CCCC4)CC1.NC1CCC(Nc2ncnc3sc4c(c23)CCCC4)CC1.[AlH3].[H-].[Li+]. The van der Waals surface area contributed by atoms with Gasteiger partial charge >= 0.3 is 37.3 Å². The number of rotatable bonds is 8. The van der Waals surface area contributed by atoms with E-state index in [2.05, 4.69) is 68.3 Å². The van der Waals surface area contributed by atoms with Crippen LogP contribution in [-0.4, -0.2) is 139 Å².